The molecule has 4 N–H and O–H groups in total. The Balaban J connectivity index is 2.18. The predicted molar refractivity (Wildman–Crippen MR) is 98.1 cm³/mol. The van der Waals surface area contributed by atoms with E-state index in [9.17, 15) is 22.8 Å². The third-order valence-corrected chi connectivity index (χ3v) is 4.12. The molecule has 0 aliphatic heterocycles. The molecule has 1 atom stereocenters. The van der Waals surface area contributed by atoms with E-state index in [1.807, 2.05) is 0 Å². The Morgan fingerprint density at radius 2 is 1.78 bits per heavy atom. The summed E-state index contributed by atoms with van der Waals surface area (Å²) < 4.78 is 39.3. The van der Waals surface area contributed by atoms with E-state index in [1.165, 1.54) is 31.2 Å². The molecule has 0 aliphatic carbocycles. The molecule has 2 amide bonds. The highest BCUT2D eigenvalue weighted by molar-refractivity contribution is 6.34. The monoisotopic (exact) mass is 419 g/mol. The van der Waals surface area contributed by atoms with Crippen LogP contribution in [-0.2, 0) is 11.0 Å². The van der Waals surface area contributed by atoms with Gasteiger partial charge in [-0.3, -0.25) is 9.59 Å². The molecule has 2 aromatic rings. The van der Waals surface area contributed by atoms with Crippen molar-refractivity contribution >= 4 is 46.4 Å². The molecule has 0 heterocycles. The van der Waals surface area contributed by atoms with Crippen LogP contribution in [0.15, 0.2) is 36.4 Å². The predicted octanol–water partition coefficient (Wildman–Crippen LogP) is 4.55. The number of rotatable bonds is 5. The molecule has 27 heavy (non-hydrogen) atoms. The van der Waals surface area contributed by atoms with Gasteiger partial charge in [-0.25, -0.2) is 0 Å². The minimum absolute atomic E-state index is 0.0475. The van der Waals surface area contributed by atoms with Crippen molar-refractivity contribution in [3.63, 3.8) is 0 Å². The van der Waals surface area contributed by atoms with Crippen LogP contribution in [0.5, 0.6) is 0 Å². The van der Waals surface area contributed by atoms with Crippen molar-refractivity contribution in [2.45, 2.75) is 19.1 Å². The number of hydrogen-bond donors (Lipinski definition) is 3. The van der Waals surface area contributed by atoms with Crippen molar-refractivity contribution < 1.29 is 22.8 Å². The van der Waals surface area contributed by atoms with E-state index in [2.05, 4.69) is 10.6 Å². The van der Waals surface area contributed by atoms with Gasteiger partial charge in [0.2, 0.25) is 11.8 Å². The number of nitrogens with one attached hydrogen (secondary N) is 2. The quantitative estimate of drug-likeness (QED) is 0.664. The fourth-order valence-electron chi connectivity index (χ4n) is 2.22. The summed E-state index contributed by atoms with van der Waals surface area (Å²) >= 11 is 11.5. The lowest BCUT2D eigenvalue weighted by Gasteiger charge is -2.18. The summed E-state index contributed by atoms with van der Waals surface area (Å²) in [5, 5.41) is 5.02. The molecule has 10 heteroatoms. The molecule has 0 saturated carbocycles. The Kier molecular flexibility index (Phi) is 6.22. The lowest BCUT2D eigenvalue weighted by molar-refractivity contribution is -0.137. The van der Waals surface area contributed by atoms with Crippen LogP contribution in [0, 0.1) is 0 Å². The van der Waals surface area contributed by atoms with Gasteiger partial charge >= 0.3 is 6.18 Å². The van der Waals surface area contributed by atoms with E-state index in [0.717, 1.165) is 12.1 Å². The van der Waals surface area contributed by atoms with Gasteiger partial charge in [0, 0.05) is 10.7 Å². The standard InChI is InChI=1S/C17H14Cl2F3N3O2/c1-8(24-10-3-4-13(19)11(7-10)15(23)26)16(27)25-14-5-2-9(18)6-12(14)17(20,21)22/h2-8,24H,1H3,(H2,23,26)(H,25,27)/t8-/m0/s1. The number of amides is 2. The van der Waals surface area contributed by atoms with E-state index in [4.69, 9.17) is 28.9 Å². The zero-order valence-electron chi connectivity index (χ0n) is 13.8. The average molecular weight is 420 g/mol. The molecule has 0 bridgehead atoms. The van der Waals surface area contributed by atoms with E-state index in [0.29, 0.717) is 5.69 Å². The molecule has 0 unspecified atom stereocenters. The van der Waals surface area contributed by atoms with Crippen LogP contribution in [0.1, 0.15) is 22.8 Å². The molecule has 0 radical (unpaired) electrons. The summed E-state index contributed by atoms with van der Waals surface area (Å²) in [7, 11) is 0. The van der Waals surface area contributed by atoms with Gasteiger partial charge in [0.1, 0.15) is 6.04 Å². The highest BCUT2D eigenvalue weighted by Crippen LogP contribution is 2.36. The second-order valence-electron chi connectivity index (χ2n) is 5.60. The van der Waals surface area contributed by atoms with Crippen LogP contribution >= 0.6 is 23.2 Å². The number of alkyl halides is 3. The largest absolute Gasteiger partial charge is 0.418 e. The third kappa shape index (κ3) is 5.27. The first kappa shape index (κ1) is 20.9. The number of hydrogen-bond acceptors (Lipinski definition) is 3. The number of nitrogens with two attached hydrogens (primary N) is 1. The van der Waals surface area contributed by atoms with Crippen molar-refractivity contribution in [3.8, 4) is 0 Å². The van der Waals surface area contributed by atoms with Gasteiger partial charge in [-0.15, -0.1) is 0 Å². The lowest BCUT2D eigenvalue weighted by Crippen LogP contribution is -2.32. The van der Waals surface area contributed by atoms with Crippen LogP contribution in [0.25, 0.3) is 0 Å². The third-order valence-electron chi connectivity index (χ3n) is 3.55. The molecular weight excluding hydrogens is 406 g/mol. The molecule has 2 rings (SSSR count). The van der Waals surface area contributed by atoms with Crippen molar-refractivity contribution in [2.75, 3.05) is 10.6 Å². The molecule has 144 valence electrons. The zero-order chi connectivity index (χ0) is 20.4. The highest BCUT2D eigenvalue weighted by atomic mass is 35.5. The summed E-state index contributed by atoms with van der Waals surface area (Å²) in [6, 6.07) is 6.37. The summed E-state index contributed by atoms with van der Waals surface area (Å²) in [5.74, 6) is -1.48. The van der Waals surface area contributed by atoms with Crippen molar-refractivity contribution in [1.29, 1.82) is 0 Å². The van der Waals surface area contributed by atoms with Gasteiger partial charge in [0.15, 0.2) is 0 Å². The van der Waals surface area contributed by atoms with Crippen LogP contribution in [-0.4, -0.2) is 17.9 Å². The summed E-state index contributed by atoms with van der Waals surface area (Å²) in [4.78, 5) is 23.6. The molecule has 0 fully saturated rings. The Bertz CT molecular complexity index is 888. The van der Waals surface area contributed by atoms with Gasteiger partial charge in [-0.2, -0.15) is 13.2 Å². The fourth-order valence-corrected chi connectivity index (χ4v) is 2.60. The summed E-state index contributed by atoms with van der Waals surface area (Å²) in [5.41, 5.74) is 4.12. The number of primary amides is 1. The smallest absolute Gasteiger partial charge is 0.374 e. The molecule has 2 aromatic carbocycles. The van der Waals surface area contributed by atoms with Crippen molar-refractivity contribution in [3.05, 3.63) is 57.6 Å². The van der Waals surface area contributed by atoms with E-state index >= 15 is 0 Å². The Labute approximate surface area is 162 Å². The average Bonchev–Trinajstić information content (AvgIpc) is 2.56. The van der Waals surface area contributed by atoms with Crippen molar-refractivity contribution in [1.82, 2.24) is 0 Å². The number of benzene rings is 2. The molecule has 5 nitrogen and oxygen atoms in total. The van der Waals surface area contributed by atoms with E-state index in [-0.39, 0.29) is 15.6 Å². The first-order chi connectivity index (χ1) is 12.5. The maximum Gasteiger partial charge on any atom is 0.418 e. The first-order valence-electron chi connectivity index (χ1n) is 7.52. The zero-order valence-corrected chi connectivity index (χ0v) is 15.3. The normalized spacial score (nSPS) is 12.4. The maximum absolute atomic E-state index is 13.1. The minimum Gasteiger partial charge on any atom is -0.374 e. The molecule has 0 aromatic heterocycles. The Morgan fingerprint density at radius 1 is 1.11 bits per heavy atom. The summed E-state index contributed by atoms with van der Waals surface area (Å²) in [6.07, 6.45) is -4.68. The fraction of sp³-hybridized carbons (Fsp3) is 0.176. The molecular formula is C17H14Cl2F3N3O2. The van der Waals surface area contributed by atoms with Gasteiger partial charge in [0.05, 0.1) is 21.8 Å². The Hall–Kier alpha value is -2.45. The highest BCUT2D eigenvalue weighted by Gasteiger charge is 2.34. The molecule has 0 aliphatic rings. The number of carbonyl (C=O) groups is 2. The van der Waals surface area contributed by atoms with Crippen LogP contribution in [0.3, 0.4) is 0 Å². The van der Waals surface area contributed by atoms with Crippen LogP contribution < -0.4 is 16.4 Å². The number of anilines is 2. The van der Waals surface area contributed by atoms with E-state index < -0.39 is 35.3 Å². The maximum atomic E-state index is 13.1. The van der Waals surface area contributed by atoms with Crippen LogP contribution in [0.4, 0.5) is 24.5 Å². The van der Waals surface area contributed by atoms with Gasteiger partial charge in [0.25, 0.3) is 0 Å². The minimum atomic E-state index is -4.68. The van der Waals surface area contributed by atoms with Crippen LogP contribution in [0.2, 0.25) is 10.0 Å². The SMILES string of the molecule is C[C@H](Nc1ccc(Cl)c(C(N)=O)c1)C(=O)Nc1ccc(Cl)cc1C(F)(F)F. The van der Waals surface area contributed by atoms with Crippen molar-refractivity contribution in [2.24, 2.45) is 5.73 Å². The van der Waals surface area contributed by atoms with E-state index in [1.54, 1.807) is 0 Å². The van der Waals surface area contributed by atoms with Gasteiger partial charge in [-0.1, -0.05) is 23.2 Å². The van der Waals surface area contributed by atoms with Gasteiger partial charge < -0.3 is 16.4 Å². The lowest BCUT2D eigenvalue weighted by atomic mass is 10.1. The first-order valence-corrected chi connectivity index (χ1v) is 8.28. The molecule has 0 spiro atoms. The second-order valence-corrected chi connectivity index (χ2v) is 6.45. The summed E-state index contributed by atoms with van der Waals surface area (Å²) in [6.45, 7) is 1.44. The Morgan fingerprint density at radius 3 is 2.37 bits per heavy atom. The van der Waals surface area contributed by atoms with Gasteiger partial charge in [-0.05, 0) is 43.3 Å². The molecule has 0 saturated heterocycles. The second kappa shape index (κ2) is 8.06. The number of carbonyl (C=O) groups excluding carboxylic acids is 2. The topological polar surface area (TPSA) is 84.2 Å². The number of halogens is 5.